The van der Waals surface area contributed by atoms with Crippen LogP contribution in [0.15, 0.2) is 83.5 Å². The van der Waals surface area contributed by atoms with Gasteiger partial charge in [0.05, 0.1) is 11.2 Å². The Kier molecular flexibility index (Phi) is 3.96. The highest BCUT2D eigenvalue weighted by atomic mass is 79.9. The lowest BCUT2D eigenvalue weighted by molar-refractivity contribution is 1.16. The third-order valence-electron chi connectivity index (χ3n) is 4.64. The maximum atomic E-state index is 6.27. The number of pyridine rings is 1. The van der Waals surface area contributed by atoms with Gasteiger partial charge in [-0.25, -0.2) is 9.97 Å². The lowest BCUT2D eigenvalue weighted by Crippen LogP contribution is -1.96. The molecule has 0 amide bonds. The van der Waals surface area contributed by atoms with Crippen molar-refractivity contribution in [3.63, 3.8) is 0 Å². The van der Waals surface area contributed by atoms with Crippen LogP contribution in [0.5, 0.6) is 0 Å². The van der Waals surface area contributed by atoms with E-state index in [1.807, 2.05) is 48.5 Å². The zero-order valence-corrected chi connectivity index (χ0v) is 16.4. The average molecular weight is 435 g/mol. The smallest absolute Gasteiger partial charge is 0.223 e. The Morgan fingerprint density at radius 1 is 0.852 bits per heavy atom. The normalized spacial score (nSPS) is 11.3. The molecule has 3 heterocycles. The third kappa shape index (κ3) is 2.82. The second-order valence-electron chi connectivity index (χ2n) is 6.27. The number of benzene rings is 2. The topological polar surface area (TPSA) is 30.2 Å². The van der Waals surface area contributed by atoms with Gasteiger partial charge in [-0.2, -0.15) is 0 Å². The van der Waals surface area contributed by atoms with Crippen LogP contribution < -0.4 is 0 Å². The molecule has 130 valence electrons. The van der Waals surface area contributed by atoms with Crippen LogP contribution in [0.2, 0.25) is 5.28 Å². The molecule has 0 saturated carbocycles. The number of halogens is 2. The van der Waals surface area contributed by atoms with Gasteiger partial charge < -0.3 is 4.40 Å². The van der Waals surface area contributed by atoms with Crippen LogP contribution in [0.25, 0.3) is 38.9 Å². The Hall–Kier alpha value is -2.69. The maximum Gasteiger partial charge on any atom is 0.223 e. The molecule has 0 aliphatic rings. The highest BCUT2D eigenvalue weighted by molar-refractivity contribution is 9.10. The average Bonchev–Trinajstić information content (AvgIpc) is 3.07. The van der Waals surface area contributed by atoms with Crippen molar-refractivity contribution in [2.75, 3.05) is 0 Å². The summed E-state index contributed by atoms with van der Waals surface area (Å²) in [5.41, 5.74) is 6.00. The maximum absolute atomic E-state index is 6.27. The Bertz CT molecular complexity index is 1290. The van der Waals surface area contributed by atoms with Gasteiger partial charge in [-0.05, 0) is 53.6 Å². The highest BCUT2D eigenvalue weighted by Crippen LogP contribution is 2.38. The lowest BCUT2D eigenvalue weighted by atomic mass is 10.0. The summed E-state index contributed by atoms with van der Waals surface area (Å²) in [5, 5.41) is 1.22. The summed E-state index contributed by atoms with van der Waals surface area (Å²) in [7, 11) is 0. The molecule has 27 heavy (non-hydrogen) atoms. The number of fused-ring (bicyclic) bond motifs is 2. The summed E-state index contributed by atoms with van der Waals surface area (Å²) in [4.78, 5) is 9.00. The Balaban J connectivity index is 1.91. The Morgan fingerprint density at radius 3 is 2.48 bits per heavy atom. The fraction of sp³-hybridized carbons (Fsp3) is 0. The van der Waals surface area contributed by atoms with Crippen molar-refractivity contribution in [3.8, 4) is 22.5 Å². The number of hydrogen-bond donors (Lipinski definition) is 0. The Labute approximate surface area is 169 Å². The largest absolute Gasteiger partial charge is 0.315 e. The number of hydrogen-bond acceptors (Lipinski definition) is 2. The zero-order valence-electron chi connectivity index (χ0n) is 14.1. The molecule has 0 spiro atoms. The molecule has 3 aromatic heterocycles. The Morgan fingerprint density at radius 2 is 1.63 bits per heavy atom. The molecular weight excluding hydrogens is 422 g/mol. The summed E-state index contributed by atoms with van der Waals surface area (Å²) in [6, 6.07) is 24.6. The van der Waals surface area contributed by atoms with E-state index in [1.54, 1.807) is 0 Å². The van der Waals surface area contributed by atoms with Gasteiger partial charge >= 0.3 is 0 Å². The van der Waals surface area contributed by atoms with Gasteiger partial charge in [0.25, 0.3) is 0 Å². The first kappa shape index (κ1) is 16.5. The molecule has 0 N–H and O–H groups in total. The van der Waals surface area contributed by atoms with E-state index in [-0.39, 0.29) is 5.28 Å². The highest BCUT2D eigenvalue weighted by Gasteiger charge is 2.18. The molecule has 0 aliphatic carbocycles. The second kappa shape index (κ2) is 6.48. The first-order valence-electron chi connectivity index (χ1n) is 8.49. The van der Waals surface area contributed by atoms with E-state index in [4.69, 9.17) is 11.6 Å². The van der Waals surface area contributed by atoms with Crippen LogP contribution in [0.4, 0.5) is 0 Å². The van der Waals surface area contributed by atoms with Crippen molar-refractivity contribution in [2.45, 2.75) is 0 Å². The molecule has 3 nitrogen and oxygen atoms in total. The van der Waals surface area contributed by atoms with E-state index in [9.17, 15) is 0 Å². The quantitative estimate of drug-likeness (QED) is 0.292. The van der Waals surface area contributed by atoms with E-state index in [0.717, 1.165) is 43.4 Å². The van der Waals surface area contributed by atoms with Gasteiger partial charge in [0.2, 0.25) is 5.28 Å². The molecule has 5 rings (SSSR count). The van der Waals surface area contributed by atoms with Crippen molar-refractivity contribution >= 4 is 44.0 Å². The van der Waals surface area contributed by atoms with E-state index >= 15 is 0 Å². The molecule has 5 aromatic rings. The molecule has 2 aromatic carbocycles. The molecule has 0 radical (unpaired) electrons. The van der Waals surface area contributed by atoms with Crippen LogP contribution in [-0.2, 0) is 0 Å². The van der Waals surface area contributed by atoms with Crippen LogP contribution in [0.1, 0.15) is 0 Å². The van der Waals surface area contributed by atoms with E-state index < -0.39 is 0 Å². The molecule has 5 heteroatoms. The predicted molar refractivity (Wildman–Crippen MR) is 114 cm³/mol. The molecule has 0 unspecified atom stereocenters. The molecular formula is C22H13BrClN3. The first-order chi connectivity index (χ1) is 13.2. The minimum Gasteiger partial charge on any atom is -0.315 e. The minimum atomic E-state index is 0.247. The fourth-order valence-corrected chi connectivity index (χ4v) is 3.88. The van der Waals surface area contributed by atoms with Crippen LogP contribution in [-0.4, -0.2) is 14.4 Å². The minimum absolute atomic E-state index is 0.247. The molecule has 0 aliphatic heterocycles. The van der Waals surface area contributed by atoms with E-state index in [2.05, 4.69) is 60.8 Å². The van der Waals surface area contributed by atoms with Crippen molar-refractivity contribution in [2.24, 2.45) is 0 Å². The fourth-order valence-electron chi connectivity index (χ4n) is 3.44. The lowest BCUT2D eigenvalue weighted by Gasteiger charge is -2.10. The molecule has 0 atom stereocenters. The van der Waals surface area contributed by atoms with E-state index in [0.29, 0.717) is 0 Å². The van der Waals surface area contributed by atoms with Crippen molar-refractivity contribution in [1.82, 2.24) is 14.4 Å². The van der Waals surface area contributed by atoms with Gasteiger partial charge in [-0.1, -0.05) is 52.3 Å². The van der Waals surface area contributed by atoms with Crippen molar-refractivity contribution in [1.29, 1.82) is 0 Å². The summed E-state index contributed by atoms with van der Waals surface area (Å²) < 4.78 is 3.20. The van der Waals surface area contributed by atoms with Gasteiger partial charge in [0.1, 0.15) is 5.69 Å². The van der Waals surface area contributed by atoms with Crippen LogP contribution in [0.3, 0.4) is 0 Å². The standard InChI is InChI=1S/C22H13BrClN3/c23-15-10-8-14(9-11-15)18-13-16-5-3-4-12-27(16)21(18)20-17-6-1-2-7-19(17)25-22(24)26-20/h1-13H. The summed E-state index contributed by atoms with van der Waals surface area (Å²) in [5.74, 6) is 0. The SMILES string of the molecule is Clc1nc(-c2c(-c3ccc(Br)cc3)cc3ccccn23)c2ccccc2n1. The first-order valence-corrected chi connectivity index (χ1v) is 9.66. The van der Waals surface area contributed by atoms with E-state index in [1.165, 1.54) is 0 Å². The third-order valence-corrected chi connectivity index (χ3v) is 5.33. The van der Waals surface area contributed by atoms with Crippen LogP contribution >= 0.6 is 27.5 Å². The number of nitrogens with zero attached hydrogens (tertiary/aromatic N) is 3. The second-order valence-corrected chi connectivity index (χ2v) is 7.52. The zero-order chi connectivity index (χ0) is 18.4. The van der Waals surface area contributed by atoms with Gasteiger partial charge in [-0.3, -0.25) is 0 Å². The molecule has 0 fully saturated rings. The summed E-state index contributed by atoms with van der Waals surface area (Å²) in [6.07, 6.45) is 2.05. The monoisotopic (exact) mass is 433 g/mol. The molecule has 0 saturated heterocycles. The van der Waals surface area contributed by atoms with Gasteiger partial charge in [-0.15, -0.1) is 0 Å². The van der Waals surface area contributed by atoms with Crippen LogP contribution in [0, 0.1) is 0 Å². The summed E-state index contributed by atoms with van der Waals surface area (Å²) in [6.45, 7) is 0. The van der Waals surface area contributed by atoms with Gasteiger partial charge in [0.15, 0.2) is 0 Å². The van der Waals surface area contributed by atoms with Gasteiger partial charge in [0, 0.05) is 27.1 Å². The number of aromatic nitrogens is 3. The number of para-hydroxylation sites is 1. The predicted octanol–water partition coefficient (Wildman–Crippen LogP) is 6.63. The van der Waals surface area contributed by atoms with Crippen molar-refractivity contribution in [3.05, 3.63) is 88.7 Å². The number of rotatable bonds is 2. The summed E-state index contributed by atoms with van der Waals surface area (Å²) >= 11 is 9.79. The van der Waals surface area contributed by atoms with Crippen molar-refractivity contribution < 1.29 is 0 Å². The molecule has 0 bridgehead atoms.